The van der Waals surface area contributed by atoms with Crippen molar-refractivity contribution in [2.75, 3.05) is 0 Å². The molecular weight excluding hydrogens is 299 g/mol. The van der Waals surface area contributed by atoms with Crippen molar-refractivity contribution in [2.45, 2.75) is 6.92 Å². The van der Waals surface area contributed by atoms with Gasteiger partial charge in [0.2, 0.25) is 0 Å². The summed E-state index contributed by atoms with van der Waals surface area (Å²) in [6.45, 7) is 1.88. The van der Waals surface area contributed by atoms with Gasteiger partial charge in [-0.25, -0.2) is 0 Å². The lowest BCUT2D eigenvalue weighted by Gasteiger charge is -2.02. The monoisotopic (exact) mass is 304 g/mol. The molecule has 0 spiro atoms. The quantitative estimate of drug-likeness (QED) is 0.693. The Morgan fingerprint density at radius 3 is 2.41 bits per heavy atom. The molecule has 1 nitrogen and oxygen atoms in total. The lowest BCUT2D eigenvalue weighted by Crippen LogP contribution is -2.00. The fraction of sp³-hybridized carbons (Fsp3) is 0.0833. The molecule has 0 amide bonds. The fourth-order valence-corrected chi connectivity index (χ4v) is 3.02. The van der Waals surface area contributed by atoms with Crippen LogP contribution in [0.4, 0.5) is 0 Å². The van der Waals surface area contributed by atoms with E-state index in [2.05, 4.69) is 0 Å². The summed E-state index contributed by atoms with van der Waals surface area (Å²) in [5, 5.41) is 0.563. The van der Waals surface area contributed by atoms with E-state index in [1.807, 2.05) is 6.92 Å². The number of aryl methyl sites for hydroxylation is 1. The summed E-state index contributed by atoms with van der Waals surface area (Å²) in [5.74, 6) is -0.167. The number of hydrogen-bond acceptors (Lipinski definition) is 2. The van der Waals surface area contributed by atoms with Gasteiger partial charge in [-0.1, -0.05) is 46.9 Å². The van der Waals surface area contributed by atoms with Gasteiger partial charge in [0, 0.05) is 10.6 Å². The highest BCUT2D eigenvalue weighted by Crippen LogP contribution is 2.33. The minimum atomic E-state index is -0.167. The summed E-state index contributed by atoms with van der Waals surface area (Å²) in [4.78, 5) is 12.1. The summed E-state index contributed by atoms with van der Waals surface area (Å²) in [7, 11) is 0. The number of benzene rings is 1. The molecule has 0 N–H and O–H groups in total. The number of carbonyl (C=O) groups excluding carboxylic acids is 1. The number of rotatable bonds is 2. The van der Waals surface area contributed by atoms with Crippen LogP contribution in [0.2, 0.25) is 13.7 Å². The van der Waals surface area contributed by atoms with E-state index in [1.54, 1.807) is 24.3 Å². The summed E-state index contributed by atoms with van der Waals surface area (Å²) < 4.78 is 0.897. The topological polar surface area (TPSA) is 17.1 Å². The largest absolute Gasteiger partial charge is 0.289 e. The number of carbonyl (C=O) groups is 1. The van der Waals surface area contributed by atoms with Crippen molar-refractivity contribution in [3.63, 3.8) is 0 Å². The molecule has 88 valence electrons. The van der Waals surface area contributed by atoms with E-state index >= 15 is 0 Å². The lowest BCUT2D eigenvalue weighted by molar-refractivity contribution is 0.103. The maximum absolute atomic E-state index is 12.1. The van der Waals surface area contributed by atoms with Crippen LogP contribution < -0.4 is 0 Å². The van der Waals surface area contributed by atoms with Gasteiger partial charge >= 0.3 is 0 Å². The van der Waals surface area contributed by atoms with E-state index in [1.165, 1.54) is 11.3 Å². The Labute approximate surface area is 118 Å². The van der Waals surface area contributed by atoms with Crippen LogP contribution in [0.1, 0.15) is 21.5 Å². The van der Waals surface area contributed by atoms with Gasteiger partial charge in [0.05, 0.1) is 9.90 Å². The third-order valence-electron chi connectivity index (χ3n) is 2.34. The Hall–Kier alpha value is -0.540. The Balaban J connectivity index is 2.44. The summed E-state index contributed by atoms with van der Waals surface area (Å²) in [6, 6.07) is 6.74. The smallest absolute Gasteiger partial charge is 0.195 e. The first kappa shape index (κ1) is 12.9. The molecule has 0 radical (unpaired) electrons. The van der Waals surface area contributed by atoms with Crippen LogP contribution in [-0.4, -0.2) is 5.78 Å². The predicted octanol–water partition coefficient (Wildman–Crippen LogP) is 5.25. The molecule has 0 aliphatic carbocycles. The van der Waals surface area contributed by atoms with Crippen molar-refractivity contribution in [1.82, 2.24) is 0 Å². The second-order valence-electron chi connectivity index (χ2n) is 3.53. The standard InChI is InChI=1S/C12H7Cl3OS/c1-6-2-3-7(4-9(6)13)11(16)8-5-10(14)17-12(8)15/h2-5H,1H3. The van der Waals surface area contributed by atoms with Crippen LogP contribution in [0, 0.1) is 6.92 Å². The second-order valence-corrected chi connectivity index (χ2v) is 6.22. The van der Waals surface area contributed by atoms with Crippen LogP contribution in [-0.2, 0) is 0 Å². The van der Waals surface area contributed by atoms with Gasteiger partial charge in [-0.05, 0) is 24.6 Å². The lowest BCUT2D eigenvalue weighted by atomic mass is 10.0. The van der Waals surface area contributed by atoms with Crippen LogP contribution in [0.25, 0.3) is 0 Å². The van der Waals surface area contributed by atoms with Crippen molar-refractivity contribution < 1.29 is 4.79 Å². The highest BCUT2D eigenvalue weighted by molar-refractivity contribution is 7.20. The van der Waals surface area contributed by atoms with Crippen molar-refractivity contribution in [3.05, 3.63) is 54.7 Å². The van der Waals surface area contributed by atoms with Crippen LogP contribution >= 0.6 is 46.1 Å². The van der Waals surface area contributed by atoms with Gasteiger partial charge in [0.15, 0.2) is 5.78 Å². The molecule has 0 saturated heterocycles. The molecule has 17 heavy (non-hydrogen) atoms. The minimum absolute atomic E-state index is 0.167. The van der Waals surface area contributed by atoms with E-state index in [0.717, 1.165) is 5.56 Å². The first-order valence-corrected chi connectivity index (χ1v) is 6.70. The molecule has 1 aromatic carbocycles. The number of ketones is 1. The van der Waals surface area contributed by atoms with Crippen LogP contribution in [0.3, 0.4) is 0 Å². The average Bonchev–Trinajstić information content (AvgIpc) is 2.61. The third kappa shape index (κ3) is 2.66. The van der Waals surface area contributed by atoms with E-state index in [-0.39, 0.29) is 5.78 Å². The minimum Gasteiger partial charge on any atom is -0.289 e. The van der Waals surface area contributed by atoms with Gasteiger partial charge in [-0.2, -0.15) is 0 Å². The second kappa shape index (κ2) is 4.99. The van der Waals surface area contributed by atoms with Crippen LogP contribution in [0.5, 0.6) is 0 Å². The molecule has 5 heteroatoms. The van der Waals surface area contributed by atoms with Gasteiger partial charge in [-0.3, -0.25) is 4.79 Å². The summed E-state index contributed by atoms with van der Waals surface area (Å²) in [6.07, 6.45) is 0. The Kier molecular flexibility index (Phi) is 3.79. The van der Waals surface area contributed by atoms with E-state index in [0.29, 0.717) is 24.8 Å². The summed E-state index contributed by atoms with van der Waals surface area (Å²) in [5.41, 5.74) is 1.86. The van der Waals surface area contributed by atoms with Crippen molar-refractivity contribution >= 4 is 51.9 Å². The molecule has 0 atom stereocenters. The highest BCUT2D eigenvalue weighted by atomic mass is 35.5. The molecule has 0 bridgehead atoms. The zero-order valence-electron chi connectivity index (χ0n) is 8.76. The van der Waals surface area contributed by atoms with Crippen molar-refractivity contribution in [3.8, 4) is 0 Å². The number of halogens is 3. The zero-order valence-corrected chi connectivity index (χ0v) is 11.8. The SMILES string of the molecule is Cc1ccc(C(=O)c2cc(Cl)sc2Cl)cc1Cl. The number of hydrogen-bond donors (Lipinski definition) is 0. The van der Waals surface area contributed by atoms with Gasteiger partial charge in [-0.15, -0.1) is 11.3 Å². The highest BCUT2D eigenvalue weighted by Gasteiger charge is 2.16. The van der Waals surface area contributed by atoms with E-state index in [9.17, 15) is 4.79 Å². The average molecular weight is 306 g/mol. The maximum atomic E-state index is 12.1. The molecule has 0 saturated carbocycles. The van der Waals surface area contributed by atoms with Crippen molar-refractivity contribution in [2.24, 2.45) is 0 Å². The third-order valence-corrected chi connectivity index (χ3v) is 4.23. The molecule has 2 aromatic rings. The molecule has 2 rings (SSSR count). The van der Waals surface area contributed by atoms with Gasteiger partial charge in [0.1, 0.15) is 4.34 Å². The van der Waals surface area contributed by atoms with Gasteiger partial charge in [0.25, 0.3) is 0 Å². The molecule has 0 unspecified atom stereocenters. The molecule has 0 aliphatic rings. The molecule has 0 aliphatic heterocycles. The first-order valence-electron chi connectivity index (χ1n) is 4.74. The Morgan fingerprint density at radius 1 is 1.18 bits per heavy atom. The molecule has 1 heterocycles. The zero-order chi connectivity index (χ0) is 12.6. The Bertz CT molecular complexity index is 589. The maximum Gasteiger partial charge on any atom is 0.195 e. The first-order chi connectivity index (χ1) is 7.99. The molecular formula is C12H7Cl3OS. The Morgan fingerprint density at radius 2 is 1.88 bits per heavy atom. The van der Waals surface area contributed by atoms with Crippen molar-refractivity contribution in [1.29, 1.82) is 0 Å². The fourth-order valence-electron chi connectivity index (χ4n) is 1.38. The number of thiophene rings is 1. The summed E-state index contributed by atoms with van der Waals surface area (Å²) >= 11 is 18.9. The molecule has 0 fully saturated rings. The normalized spacial score (nSPS) is 10.6. The van der Waals surface area contributed by atoms with Crippen LogP contribution in [0.15, 0.2) is 24.3 Å². The van der Waals surface area contributed by atoms with E-state index in [4.69, 9.17) is 34.8 Å². The van der Waals surface area contributed by atoms with E-state index < -0.39 is 0 Å². The molecule has 1 aromatic heterocycles. The predicted molar refractivity (Wildman–Crippen MR) is 74.0 cm³/mol. The van der Waals surface area contributed by atoms with Gasteiger partial charge < -0.3 is 0 Å².